The molecule has 1 aliphatic carbocycles. The number of non-ortho nitro benzene ring substituents is 1. The molecule has 1 saturated carbocycles. The molecule has 1 aliphatic rings. The van der Waals surface area contributed by atoms with E-state index in [1.54, 1.807) is 0 Å². The first-order chi connectivity index (χ1) is 14.5. The number of hydrogen-bond acceptors (Lipinski definition) is 7. The second kappa shape index (κ2) is 9.01. The average Bonchev–Trinajstić information content (AvgIpc) is 2.75. The lowest BCUT2D eigenvalue weighted by Gasteiger charge is -2.34. The van der Waals surface area contributed by atoms with E-state index >= 15 is 0 Å². The second-order valence-electron chi connectivity index (χ2n) is 6.94. The van der Waals surface area contributed by atoms with Gasteiger partial charge in [-0.15, -0.1) is 0 Å². The fraction of sp³-hybridized carbons (Fsp3) is 0.316. The zero-order valence-corrected chi connectivity index (χ0v) is 16.0. The maximum absolute atomic E-state index is 11.4. The quantitative estimate of drug-likeness (QED) is 0.163. The normalized spacial score (nSPS) is 15.7. The highest BCUT2D eigenvalue weighted by molar-refractivity contribution is 6.08. The van der Waals surface area contributed by atoms with Gasteiger partial charge in [0.05, 0.1) is 27.2 Å². The van der Waals surface area contributed by atoms with Gasteiger partial charge >= 0.3 is 5.69 Å². The van der Waals surface area contributed by atoms with Crippen LogP contribution in [0.2, 0.25) is 0 Å². The largest absolute Gasteiger partial charge is 0.301 e. The monoisotopic (exact) mass is 409 g/mol. The molecular formula is C19H19N7O4. The van der Waals surface area contributed by atoms with Crippen LogP contribution < -0.4 is 5.43 Å². The van der Waals surface area contributed by atoms with Gasteiger partial charge in [0, 0.05) is 11.0 Å². The Kier molecular flexibility index (Phi) is 6.23. The van der Waals surface area contributed by atoms with Gasteiger partial charge in [0.25, 0.3) is 5.69 Å². The molecule has 0 amide bonds. The Morgan fingerprint density at radius 1 is 1.03 bits per heavy atom. The molecule has 1 fully saturated rings. The van der Waals surface area contributed by atoms with Crippen molar-refractivity contribution in [3.05, 3.63) is 84.8 Å². The molecule has 0 radical (unpaired) electrons. The molecule has 11 nitrogen and oxygen atoms in total. The van der Waals surface area contributed by atoms with Crippen LogP contribution in [0.4, 0.5) is 17.1 Å². The number of nitro groups is 2. The number of benzene rings is 2. The Morgan fingerprint density at radius 3 is 2.33 bits per heavy atom. The van der Waals surface area contributed by atoms with Crippen molar-refractivity contribution in [3.63, 3.8) is 0 Å². The first-order valence-electron chi connectivity index (χ1n) is 9.35. The lowest BCUT2D eigenvalue weighted by Crippen LogP contribution is -2.39. The number of hydrogen-bond donors (Lipinski definition) is 1. The van der Waals surface area contributed by atoms with Gasteiger partial charge in [-0.1, -0.05) is 54.7 Å². The van der Waals surface area contributed by atoms with Crippen LogP contribution >= 0.6 is 0 Å². The molecule has 3 rings (SSSR count). The van der Waals surface area contributed by atoms with Crippen LogP contribution in [0.1, 0.15) is 37.7 Å². The number of hydrazone groups is 1. The van der Waals surface area contributed by atoms with Crippen LogP contribution in [0.25, 0.3) is 10.4 Å². The Labute approximate surface area is 171 Å². The molecule has 0 unspecified atom stereocenters. The minimum absolute atomic E-state index is 0.00549. The third-order valence-electron chi connectivity index (χ3n) is 5.08. The lowest BCUT2D eigenvalue weighted by atomic mass is 9.76. The predicted octanol–water partition coefficient (Wildman–Crippen LogP) is 5.33. The Hall–Kier alpha value is -3.98. The van der Waals surface area contributed by atoms with Gasteiger partial charge < -0.3 is 0 Å². The zero-order valence-electron chi connectivity index (χ0n) is 16.0. The summed E-state index contributed by atoms with van der Waals surface area (Å²) < 4.78 is 0. The molecule has 30 heavy (non-hydrogen) atoms. The van der Waals surface area contributed by atoms with E-state index in [9.17, 15) is 25.8 Å². The summed E-state index contributed by atoms with van der Waals surface area (Å²) in [5.74, 6) is 0. The summed E-state index contributed by atoms with van der Waals surface area (Å²) in [4.78, 5) is 24.0. The van der Waals surface area contributed by atoms with Gasteiger partial charge in [-0.2, -0.15) is 5.10 Å². The van der Waals surface area contributed by atoms with Gasteiger partial charge in [-0.05, 0) is 30.0 Å². The number of anilines is 1. The molecule has 2 aromatic carbocycles. The summed E-state index contributed by atoms with van der Waals surface area (Å²) in [6.07, 6.45) is 3.96. The van der Waals surface area contributed by atoms with E-state index < -0.39 is 26.8 Å². The number of rotatable bonds is 7. The predicted molar refractivity (Wildman–Crippen MR) is 111 cm³/mol. The van der Waals surface area contributed by atoms with Gasteiger partial charge in [0.1, 0.15) is 5.69 Å². The number of nitrogens with zero attached hydrogens (tertiary/aromatic N) is 6. The van der Waals surface area contributed by atoms with Crippen molar-refractivity contribution in [2.45, 2.75) is 37.6 Å². The summed E-state index contributed by atoms with van der Waals surface area (Å²) in [6, 6.07) is 12.4. The van der Waals surface area contributed by atoms with Crippen molar-refractivity contribution >= 4 is 22.8 Å². The molecule has 11 heteroatoms. The van der Waals surface area contributed by atoms with E-state index in [1.165, 1.54) is 6.07 Å². The van der Waals surface area contributed by atoms with E-state index in [2.05, 4.69) is 20.6 Å². The fourth-order valence-electron chi connectivity index (χ4n) is 3.64. The Balaban J connectivity index is 2.08. The SMILES string of the molecule is [N-]=[N+]=NC1(C(=NNc2ccc([N+](=O)[O-])cc2[N+](=O)[O-])c2ccccc2)CCCCC1. The number of nitrogens with one attached hydrogen (secondary N) is 1. The van der Waals surface area contributed by atoms with E-state index in [0.29, 0.717) is 18.6 Å². The van der Waals surface area contributed by atoms with E-state index in [-0.39, 0.29) is 5.69 Å². The van der Waals surface area contributed by atoms with Crippen molar-refractivity contribution in [1.82, 2.24) is 0 Å². The molecule has 154 valence electrons. The average molecular weight is 409 g/mol. The summed E-state index contributed by atoms with van der Waals surface area (Å²) in [5.41, 5.74) is 11.3. The van der Waals surface area contributed by atoms with Crippen molar-refractivity contribution in [3.8, 4) is 0 Å². The van der Waals surface area contributed by atoms with Crippen molar-refractivity contribution < 1.29 is 9.85 Å². The van der Waals surface area contributed by atoms with E-state index in [1.807, 2.05) is 30.3 Å². The van der Waals surface area contributed by atoms with Crippen LogP contribution in [0.3, 0.4) is 0 Å². The van der Waals surface area contributed by atoms with Crippen LogP contribution in [0.15, 0.2) is 58.7 Å². The summed E-state index contributed by atoms with van der Waals surface area (Å²) in [7, 11) is 0. The van der Waals surface area contributed by atoms with Crippen LogP contribution in [-0.2, 0) is 0 Å². The van der Waals surface area contributed by atoms with Gasteiger partial charge in [0.15, 0.2) is 0 Å². The molecule has 0 aliphatic heterocycles. The summed E-state index contributed by atoms with van der Waals surface area (Å²) in [6.45, 7) is 0. The second-order valence-corrected chi connectivity index (χ2v) is 6.94. The first-order valence-corrected chi connectivity index (χ1v) is 9.35. The summed E-state index contributed by atoms with van der Waals surface area (Å²) in [5, 5.41) is 30.9. The van der Waals surface area contributed by atoms with Gasteiger partial charge in [0.2, 0.25) is 0 Å². The smallest absolute Gasteiger partial charge is 0.271 e. The molecule has 2 aromatic rings. The van der Waals surface area contributed by atoms with E-state index in [4.69, 9.17) is 0 Å². The zero-order chi connectivity index (χ0) is 21.6. The first kappa shape index (κ1) is 20.7. The molecule has 0 bridgehead atoms. The number of azide groups is 1. The Bertz CT molecular complexity index is 1030. The molecular weight excluding hydrogens is 390 g/mol. The molecule has 0 spiro atoms. The van der Waals surface area contributed by atoms with Crippen LogP contribution in [0, 0.1) is 20.2 Å². The highest BCUT2D eigenvalue weighted by Crippen LogP contribution is 2.36. The molecule has 0 saturated heterocycles. The standard InChI is InChI=1S/C19H19N7O4/c20-24-23-19(11-5-2-6-12-19)18(14-7-3-1-4-8-14)22-21-16-10-9-15(25(27)28)13-17(16)26(29)30/h1,3-4,7-10,13,21H,2,5-6,11-12H2. The molecule has 0 aromatic heterocycles. The minimum Gasteiger partial charge on any atom is -0.271 e. The van der Waals surface area contributed by atoms with Crippen molar-refractivity contribution in [1.29, 1.82) is 0 Å². The maximum atomic E-state index is 11.4. The highest BCUT2D eigenvalue weighted by atomic mass is 16.6. The lowest BCUT2D eigenvalue weighted by molar-refractivity contribution is -0.393. The molecule has 0 atom stereocenters. The van der Waals surface area contributed by atoms with Crippen molar-refractivity contribution in [2.24, 2.45) is 10.2 Å². The van der Waals surface area contributed by atoms with Crippen LogP contribution in [-0.4, -0.2) is 21.1 Å². The molecule has 0 heterocycles. The third kappa shape index (κ3) is 4.36. The fourth-order valence-corrected chi connectivity index (χ4v) is 3.64. The highest BCUT2D eigenvalue weighted by Gasteiger charge is 2.37. The van der Waals surface area contributed by atoms with E-state index in [0.717, 1.165) is 37.0 Å². The maximum Gasteiger partial charge on any atom is 0.301 e. The molecule has 1 N–H and O–H groups in total. The Morgan fingerprint density at radius 2 is 1.73 bits per heavy atom. The number of nitro benzene ring substituents is 2. The van der Waals surface area contributed by atoms with Gasteiger partial charge in [-0.3, -0.25) is 25.7 Å². The van der Waals surface area contributed by atoms with Crippen molar-refractivity contribution in [2.75, 3.05) is 5.43 Å². The summed E-state index contributed by atoms with van der Waals surface area (Å²) >= 11 is 0. The minimum atomic E-state index is -0.878. The van der Waals surface area contributed by atoms with Gasteiger partial charge in [-0.25, -0.2) is 0 Å². The topological polar surface area (TPSA) is 159 Å². The van der Waals surface area contributed by atoms with Crippen LogP contribution in [0.5, 0.6) is 0 Å². The third-order valence-corrected chi connectivity index (χ3v) is 5.08.